The highest BCUT2D eigenvalue weighted by molar-refractivity contribution is 5.99. The standard InChI is InChI=1S/C31H39FN4O2.C2H6/c1-18-9-10-19-7-5-6-8-21-16-28(37)36(30(33)34-21)27-12-11-22-24(27)14-20(15-25(22)32)29(38)35-26(23(18)13-19)17-31(2,3)4;1-2/h9-10,13-15,21,26-27H,5-8,11-12,16-17H2,1-4H3,(H2,33,34)(H,35,38);1-2H3/t21?,26?,27-;/m1./s1. The van der Waals surface area contributed by atoms with Crippen LogP contribution in [-0.4, -0.2) is 28.7 Å². The Hall–Kier alpha value is -3.22. The fourth-order valence-corrected chi connectivity index (χ4v) is 6.30. The largest absolute Gasteiger partial charge is 0.369 e. The van der Waals surface area contributed by atoms with Gasteiger partial charge in [-0.1, -0.05) is 59.2 Å². The zero-order valence-corrected chi connectivity index (χ0v) is 24.9. The number of rotatable bonds is 1. The van der Waals surface area contributed by atoms with E-state index < -0.39 is 11.9 Å². The maximum Gasteiger partial charge on any atom is 0.251 e. The number of hydrogen-bond acceptors (Lipinski definition) is 4. The van der Waals surface area contributed by atoms with E-state index in [1.165, 1.54) is 16.5 Å². The first-order chi connectivity index (χ1) is 19.0. The second-order valence-corrected chi connectivity index (χ2v) is 12.4. The number of aliphatic imine (C=N–C) groups is 1. The van der Waals surface area contributed by atoms with Crippen molar-refractivity contribution in [3.05, 3.63) is 69.5 Å². The highest BCUT2D eigenvalue weighted by atomic mass is 19.1. The van der Waals surface area contributed by atoms with Crippen LogP contribution in [0.4, 0.5) is 4.39 Å². The maximum absolute atomic E-state index is 15.3. The summed E-state index contributed by atoms with van der Waals surface area (Å²) < 4.78 is 15.3. The van der Waals surface area contributed by atoms with Crippen molar-refractivity contribution in [1.29, 1.82) is 0 Å². The summed E-state index contributed by atoms with van der Waals surface area (Å²) in [6.45, 7) is 12.6. The summed E-state index contributed by atoms with van der Waals surface area (Å²) in [6, 6.07) is 8.83. The lowest BCUT2D eigenvalue weighted by atomic mass is 9.83. The van der Waals surface area contributed by atoms with E-state index in [1.54, 1.807) is 6.07 Å². The van der Waals surface area contributed by atoms with Crippen LogP contribution in [-0.2, 0) is 17.6 Å². The van der Waals surface area contributed by atoms with Crippen LogP contribution < -0.4 is 11.1 Å². The minimum atomic E-state index is -0.410. The molecule has 0 saturated heterocycles. The number of nitrogens with one attached hydrogen (secondary N) is 1. The average molecular weight is 549 g/mol. The van der Waals surface area contributed by atoms with E-state index in [1.807, 2.05) is 13.8 Å². The summed E-state index contributed by atoms with van der Waals surface area (Å²) >= 11 is 0. The van der Waals surface area contributed by atoms with Gasteiger partial charge in [-0.3, -0.25) is 14.5 Å². The van der Waals surface area contributed by atoms with Gasteiger partial charge in [0.25, 0.3) is 5.91 Å². The topological polar surface area (TPSA) is 87.8 Å². The van der Waals surface area contributed by atoms with Gasteiger partial charge in [0.05, 0.1) is 18.1 Å². The predicted octanol–water partition coefficient (Wildman–Crippen LogP) is 6.70. The van der Waals surface area contributed by atoms with E-state index in [2.05, 4.69) is 56.2 Å². The SMILES string of the molecule is CC.Cc1ccc2cc1C(CC(C)(C)C)NC(=O)c1cc(F)c3c(c1)[C@@H](CC3)N1C(=O)CC(CCCC2)N=C1N. The van der Waals surface area contributed by atoms with Crippen molar-refractivity contribution in [3.8, 4) is 0 Å². The number of hydrogen-bond donors (Lipinski definition) is 2. The Kier molecular flexibility index (Phi) is 9.01. The molecule has 0 saturated carbocycles. The minimum Gasteiger partial charge on any atom is -0.369 e. The summed E-state index contributed by atoms with van der Waals surface area (Å²) in [6.07, 6.45) is 5.75. The number of aryl methyl sites for hydroxylation is 2. The first kappa shape index (κ1) is 29.8. The van der Waals surface area contributed by atoms with Crippen LogP contribution in [0.1, 0.15) is 123 Å². The molecule has 6 rings (SSSR count). The lowest BCUT2D eigenvalue weighted by Crippen LogP contribution is -2.48. The number of benzene rings is 2. The van der Waals surface area contributed by atoms with E-state index in [0.29, 0.717) is 30.4 Å². The van der Waals surface area contributed by atoms with Gasteiger partial charge in [-0.25, -0.2) is 9.38 Å². The summed E-state index contributed by atoms with van der Waals surface area (Å²) in [5.41, 5.74) is 11.2. The van der Waals surface area contributed by atoms with Gasteiger partial charge in [0.1, 0.15) is 5.82 Å². The van der Waals surface area contributed by atoms with E-state index >= 15 is 4.39 Å². The highest BCUT2D eigenvalue weighted by Crippen LogP contribution is 2.40. The van der Waals surface area contributed by atoms with Gasteiger partial charge in [0.2, 0.25) is 5.91 Å². The molecule has 4 aliphatic rings. The number of carbonyl (C=O) groups excluding carboxylic acids is 2. The molecule has 0 spiro atoms. The lowest BCUT2D eigenvalue weighted by Gasteiger charge is -2.34. The van der Waals surface area contributed by atoms with Crippen molar-refractivity contribution in [1.82, 2.24) is 10.2 Å². The minimum absolute atomic E-state index is 0.0323. The molecule has 3 N–H and O–H groups in total. The third-order valence-electron chi connectivity index (χ3n) is 8.16. The normalized spacial score (nSPS) is 23.0. The molecule has 2 aromatic rings. The van der Waals surface area contributed by atoms with Crippen LogP contribution in [0.25, 0.3) is 0 Å². The average Bonchev–Trinajstić information content (AvgIpc) is 3.31. The third kappa shape index (κ3) is 6.39. The molecular weight excluding hydrogens is 503 g/mol. The number of nitrogens with two attached hydrogens (primary N) is 1. The Balaban J connectivity index is 0.00000181. The van der Waals surface area contributed by atoms with Gasteiger partial charge in [0, 0.05) is 12.0 Å². The Morgan fingerprint density at radius 3 is 2.50 bits per heavy atom. The second-order valence-electron chi connectivity index (χ2n) is 12.4. The molecule has 3 aliphatic heterocycles. The first-order valence-electron chi connectivity index (χ1n) is 14.9. The van der Waals surface area contributed by atoms with Gasteiger partial charge in [-0.2, -0.15) is 0 Å². The Morgan fingerprint density at radius 2 is 1.80 bits per heavy atom. The molecule has 2 aromatic carbocycles. The molecule has 2 unspecified atom stereocenters. The second kappa shape index (κ2) is 12.1. The van der Waals surface area contributed by atoms with E-state index in [4.69, 9.17) is 5.73 Å². The molecule has 0 fully saturated rings. The lowest BCUT2D eigenvalue weighted by molar-refractivity contribution is -0.130. The van der Waals surface area contributed by atoms with Crippen LogP contribution in [0.3, 0.4) is 0 Å². The molecular formula is C33H45FN4O2. The number of guanidine groups is 1. The Labute approximate surface area is 238 Å². The molecule has 3 heterocycles. The zero-order valence-electron chi connectivity index (χ0n) is 24.9. The number of nitrogens with zero attached hydrogens (tertiary/aromatic N) is 2. The molecule has 40 heavy (non-hydrogen) atoms. The number of fused-ring (bicyclic) bond motifs is 6. The van der Waals surface area contributed by atoms with E-state index in [-0.39, 0.29) is 40.8 Å². The van der Waals surface area contributed by atoms with Gasteiger partial charge < -0.3 is 11.1 Å². The molecule has 0 aromatic heterocycles. The van der Waals surface area contributed by atoms with Crippen molar-refractivity contribution in [2.45, 2.75) is 111 Å². The quantitative estimate of drug-likeness (QED) is 0.416. The summed E-state index contributed by atoms with van der Waals surface area (Å²) in [4.78, 5) is 33.1. The third-order valence-corrected chi connectivity index (χ3v) is 8.16. The summed E-state index contributed by atoms with van der Waals surface area (Å²) in [5, 5.41) is 3.23. The van der Waals surface area contributed by atoms with Crippen molar-refractivity contribution >= 4 is 17.8 Å². The smallest absolute Gasteiger partial charge is 0.251 e. The van der Waals surface area contributed by atoms with Gasteiger partial charge in [0.15, 0.2) is 5.96 Å². The molecule has 2 amide bonds. The van der Waals surface area contributed by atoms with E-state index in [0.717, 1.165) is 43.2 Å². The number of amides is 2. The predicted molar refractivity (Wildman–Crippen MR) is 159 cm³/mol. The van der Waals surface area contributed by atoms with Crippen molar-refractivity contribution in [2.75, 3.05) is 0 Å². The molecule has 1 aliphatic carbocycles. The van der Waals surface area contributed by atoms with Crippen LogP contribution in [0.5, 0.6) is 0 Å². The van der Waals surface area contributed by atoms with Crippen LogP contribution in [0, 0.1) is 18.2 Å². The Morgan fingerprint density at radius 1 is 1.05 bits per heavy atom. The fourth-order valence-electron chi connectivity index (χ4n) is 6.30. The Bertz CT molecular complexity index is 1300. The fraction of sp³-hybridized carbons (Fsp3) is 0.545. The zero-order chi connectivity index (χ0) is 29.2. The number of carbonyl (C=O) groups is 2. The first-order valence-corrected chi connectivity index (χ1v) is 14.9. The van der Waals surface area contributed by atoms with Crippen molar-refractivity contribution < 1.29 is 14.0 Å². The van der Waals surface area contributed by atoms with Crippen LogP contribution >= 0.6 is 0 Å². The highest BCUT2D eigenvalue weighted by Gasteiger charge is 2.38. The molecule has 0 radical (unpaired) electrons. The van der Waals surface area contributed by atoms with Gasteiger partial charge in [-0.05, 0) is 90.8 Å². The van der Waals surface area contributed by atoms with E-state index in [9.17, 15) is 9.59 Å². The van der Waals surface area contributed by atoms with Crippen molar-refractivity contribution in [3.63, 3.8) is 0 Å². The summed E-state index contributed by atoms with van der Waals surface area (Å²) in [7, 11) is 0. The van der Waals surface area contributed by atoms with Gasteiger partial charge in [-0.15, -0.1) is 0 Å². The number of halogens is 1. The molecule has 6 bridgehead atoms. The summed E-state index contributed by atoms with van der Waals surface area (Å²) in [5.74, 6) is -0.601. The van der Waals surface area contributed by atoms with Crippen LogP contribution in [0.15, 0.2) is 35.3 Å². The molecule has 3 atom stereocenters. The maximum atomic E-state index is 15.3. The van der Waals surface area contributed by atoms with Gasteiger partial charge >= 0.3 is 0 Å². The molecule has 7 heteroatoms. The van der Waals surface area contributed by atoms with Crippen LogP contribution in [0.2, 0.25) is 0 Å². The molecule has 6 nitrogen and oxygen atoms in total. The van der Waals surface area contributed by atoms with Crippen molar-refractivity contribution in [2.24, 2.45) is 16.1 Å². The molecule has 216 valence electrons. The monoisotopic (exact) mass is 548 g/mol.